The van der Waals surface area contributed by atoms with Crippen LogP contribution < -0.4 is 9.64 Å². The van der Waals surface area contributed by atoms with E-state index >= 15 is 0 Å². The Kier molecular flexibility index (Phi) is 17.5. The van der Waals surface area contributed by atoms with Crippen molar-refractivity contribution in [1.82, 2.24) is 29.9 Å². The van der Waals surface area contributed by atoms with Crippen LogP contribution in [0, 0.1) is 11.3 Å². The maximum absolute atomic E-state index is 10.2. The van der Waals surface area contributed by atoms with Crippen molar-refractivity contribution >= 4 is 17.3 Å². The van der Waals surface area contributed by atoms with Crippen molar-refractivity contribution in [3.63, 3.8) is 0 Å². The zero-order chi connectivity index (χ0) is 43.6. The molecule has 0 saturated carbocycles. The van der Waals surface area contributed by atoms with E-state index in [0.717, 1.165) is 114 Å². The molecule has 0 spiro atoms. The van der Waals surface area contributed by atoms with E-state index in [2.05, 4.69) is 98.1 Å². The van der Waals surface area contributed by atoms with Gasteiger partial charge in [-0.05, 0) is 165 Å². The van der Waals surface area contributed by atoms with Gasteiger partial charge in [-0.1, -0.05) is 37.6 Å². The molecule has 2 aliphatic rings. The van der Waals surface area contributed by atoms with Crippen LogP contribution in [-0.4, -0.2) is 43.0 Å². The summed E-state index contributed by atoms with van der Waals surface area (Å²) < 4.78 is 6.56. The van der Waals surface area contributed by atoms with Gasteiger partial charge in [0.15, 0.2) is 0 Å². The van der Waals surface area contributed by atoms with E-state index in [1.54, 1.807) is 31.0 Å². The fourth-order valence-corrected chi connectivity index (χ4v) is 7.42. The number of fused-ring (bicyclic) bond motifs is 2. The Bertz CT molecular complexity index is 2550. The van der Waals surface area contributed by atoms with Gasteiger partial charge in [-0.15, -0.1) is 0 Å². The van der Waals surface area contributed by atoms with Crippen LogP contribution >= 0.6 is 0 Å². The summed E-state index contributed by atoms with van der Waals surface area (Å²) in [6, 6.07) is 40.1. The number of nitrogens with zero attached hydrogens (tertiary/aromatic N) is 8. The van der Waals surface area contributed by atoms with Gasteiger partial charge in [0.2, 0.25) is 0 Å². The smallest absolute Gasteiger partial charge is 0.136 e. The van der Waals surface area contributed by atoms with E-state index in [9.17, 15) is 5.26 Å². The minimum Gasteiger partial charge on any atom is -0.456 e. The molecule has 64 heavy (non-hydrogen) atoms. The number of aryl methyl sites for hydroxylation is 1. The maximum Gasteiger partial charge on any atom is 0.136 e. The van der Waals surface area contributed by atoms with Gasteiger partial charge in [0.05, 0.1) is 45.8 Å². The largest absolute Gasteiger partial charge is 0.456 e. The third kappa shape index (κ3) is 12.4. The van der Waals surface area contributed by atoms with Crippen LogP contribution in [0.15, 0.2) is 175 Å². The van der Waals surface area contributed by atoms with Crippen LogP contribution in [0.3, 0.4) is 0 Å². The number of anilines is 1. The van der Waals surface area contributed by atoms with Crippen LogP contribution in [0.2, 0.25) is 0 Å². The molecule has 0 amide bonds. The Balaban J connectivity index is 0.000000219. The van der Waals surface area contributed by atoms with Crippen molar-refractivity contribution in [3.8, 4) is 46.0 Å². The topological polar surface area (TPSA) is 114 Å². The summed E-state index contributed by atoms with van der Waals surface area (Å²) >= 11 is 0. The molecule has 0 radical (unpaired) electrons. The number of rotatable bonds is 11. The van der Waals surface area contributed by atoms with Crippen molar-refractivity contribution in [2.45, 2.75) is 59.3 Å². The molecule has 322 valence electrons. The summed E-state index contributed by atoms with van der Waals surface area (Å²) in [5, 5.41) is 10.2. The molecule has 7 aromatic rings. The van der Waals surface area contributed by atoms with Gasteiger partial charge in [-0.25, -0.2) is 0 Å². The third-order valence-corrected chi connectivity index (χ3v) is 10.7. The molecule has 0 atom stereocenters. The third-order valence-electron chi connectivity index (χ3n) is 10.7. The number of pyridine rings is 6. The molecule has 0 saturated heterocycles. The number of unbranched alkanes of at least 4 members (excludes halogenated alkanes) is 1. The summed E-state index contributed by atoms with van der Waals surface area (Å²) in [4.78, 5) is 28.2. The molecule has 0 bridgehead atoms. The first-order valence-electron chi connectivity index (χ1n) is 21.8. The van der Waals surface area contributed by atoms with Crippen molar-refractivity contribution in [2.24, 2.45) is 0 Å². The molecule has 10 heteroatoms. The molecule has 0 unspecified atom stereocenters. The molecule has 0 fully saturated rings. The fraction of sp³-hybridized carbons (Fsp3) is 0.204. The van der Waals surface area contributed by atoms with Crippen molar-refractivity contribution in [3.05, 3.63) is 192 Å². The average Bonchev–Trinajstić information content (AvgIpc) is 3.36. The van der Waals surface area contributed by atoms with Gasteiger partial charge in [0, 0.05) is 87.1 Å². The van der Waals surface area contributed by atoms with Crippen LogP contribution in [0.4, 0.5) is 5.69 Å². The average molecular weight is 930 g/mol. The van der Waals surface area contributed by atoms with Crippen LogP contribution in [0.1, 0.15) is 69.6 Å². The zero-order valence-corrected chi connectivity index (χ0v) is 38.3. The van der Waals surface area contributed by atoms with Crippen molar-refractivity contribution in [2.75, 3.05) is 18.0 Å². The first-order valence-corrected chi connectivity index (χ1v) is 21.8. The summed E-state index contributed by atoms with van der Waals surface area (Å²) in [7, 11) is 0. The number of aromatic nitrogens is 6. The van der Waals surface area contributed by atoms with Gasteiger partial charge in [0.1, 0.15) is 11.5 Å². The number of benzene rings is 1. The fourth-order valence-electron chi connectivity index (χ4n) is 7.42. The molecule has 1 aliphatic heterocycles. The standard InChI is InChI=1S/C34H36N4O.2C10H8N2.Ru/c1-4-7-9-24-14-16-36-31(18-24)32-21-25(15-17-37-32)29(23-35)20-28-11-8-10-27-19-26-12-13-30(38(5-2)6-3)22-33(26)39-34(27)28;2*1-3-7-11-9(5-1)10-6-2-4-8-12-10;/h12-22H,4-11H2,1-3H3;2*1-8H;/b29-20+;;;. The normalized spacial score (nSPS) is 12.5. The number of nitriles is 1. The first-order chi connectivity index (χ1) is 31.1. The number of ether oxygens (including phenoxy) is 1. The molecule has 1 aromatic carbocycles. The van der Waals surface area contributed by atoms with Gasteiger partial charge in [0.25, 0.3) is 0 Å². The van der Waals surface area contributed by atoms with E-state index in [4.69, 9.17) is 4.74 Å². The summed E-state index contributed by atoms with van der Waals surface area (Å²) in [6.07, 6.45) is 21.2. The molecule has 0 N–H and O–H groups in total. The van der Waals surface area contributed by atoms with Crippen LogP contribution in [0.5, 0.6) is 5.75 Å². The Morgan fingerprint density at radius 3 is 1.73 bits per heavy atom. The van der Waals surface area contributed by atoms with Crippen LogP contribution in [0.25, 0.3) is 45.8 Å². The van der Waals surface area contributed by atoms with Gasteiger partial charge in [-0.3, -0.25) is 29.9 Å². The molecule has 7 heterocycles. The predicted molar refractivity (Wildman–Crippen MR) is 254 cm³/mol. The zero-order valence-electron chi connectivity index (χ0n) is 36.6. The SMILES string of the molecule is CCCCc1ccnc(-c2cc(/C(C#N)=C/C3=C4Oc5cc(N(CC)CC)ccc5C=C4CCC3)ccn2)c1.[Ru].c1ccc(-c2ccccn2)nc1.c1ccc(-c2ccccn2)nc1. The molecule has 9 nitrogen and oxygen atoms in total. The second-order valence-electron chi connectivity index (χ2n) is 15.0. The Morgan fingerprint density at radius 2 is 1.20 bits per heavy atom. The number of hydrogen-bond acceptors (Lipinski definition) is 9. The Labute approximate surface area is 390 Å². The second kappa shape index (κ2) is 24.0. The monoisotopic (exact) mass is 930 g/mol. The molecule has 9 rings (SSSR count). The van der Waals surface area contributed by atoms with Gasteiger partial charge in [-0.2, -0.15) is 5.26 Å². The Morgan fingerprint density at radius 1 is 0.641 bits per heavy atom. The summed E-state index contributed by atoms with van der Waals surface area (Å²) in [5.74, 6) is 1.78. The number of allylic oxidation sites excluding steroid dienone is 4. The molecule has 6 aromatic heterocycles. The van der Waals surface area contributed by atoms with E-state index < -0.39 is 0 Å². The van der Waals surface area contributed by atoms with E-state index in [0.29, 0.717) is 5.57 Å². The molecule has 1 aliphatic carbocycles. The quantitative estimate of drug-likeness (QED) is 0.0924. The van der Waals surface area contributed by atoms with Crippen molar-refractivity contribution in [1.29, 1.82) is 5.26 Å². The summed E-state index contributed by atoms with van der Waals surface area (Å²) in [6.45, 7) is 8.43. The second-order valence-corrected chi connectivity index (χ2v) is 15.0. The van der Waals surface area contributed by atoms with E-state index in [-0.39, 0.29) is 19.5 Å². The summed E-state index contributed by atoms with van der Waals surface area (Å²) in [5.41, 5.74) is 12.5. The van der Waals surface area contributed by atoms with Gasteiger partial charge >= 0.3 is 0 Å². The molecular weight excluding hydrogens is 878 g/mol. The maximum atomic E-state index is 10.2. The van der Waals surface area contributed by atoms with E-state index in [1.165, 1.54) is 16.8 Å². The van der Waals surface area contributed by atoms with E-state index in [1.807, 2.05) is 97.2 Å². The van der Waals surface area contributed by atoms with Crippen LogP contribution in [-0.2, 0) is 25.9 Å². The minimum absolute atomic E-state index is 0. The predicted octanol–water partition coefficient (Wildman–Crippen LogP) is 12.4. The number of hydrogen-bond donors (Lipinski definition) is 0. The minimum atomic E-state index is 0. The van der Waals surface area contributed by atoms with Gasteiger partial charge < -0.3 is 9.64 Å². The first kappa shape index (κ1) is 46.6. The Hall–Kier alpha value is -6.95. The van der Waals surface area contributed by atoms with Crippen molar-refractivity contribution < 1.29 is 24.2 Å². The molecular formula is C54H52N8ORu.